The quantitative estimate of drug-likeness (QED) is 0.645. The third-order valence-electron chi connectivity index (χ3n) is 5.18. The average molecular weight is 380 g/mol. The van der Waals surface area contributed by atoms with Crippen molar-refractivity contribution in [2.75, 3.05) is 31.9 Å². The minimum absolute atomic E-state index is 0.0939. The Bertz CT molecular complexity index is 767. The fourth-order valence-electron chi connectivity index (χ4n) is 3.44. The number of aliphatic imine (C=N–C) groups is 1. The van der Waals surface area contributed by atoms with Gasteiger partial charge < -0.3 is 10.2 Å². The molecule has 0 amide bonds. The molecule has 0 unspecified atom stereocenters. The number of rotatable bonds is 4. The molecule has 1 saturated heterocycles. The molecule has 0 saturated carbocycles. The summed E-state index contributed by atoms with van der Waals surface area (Å²) < 4.78 is 23.8. The number of guanidine groups is 1. The maximum Gasteiger partial charge on any atom is 0.194 e. The molecule has 2 rings (SSSR count). The highest BCUT2D eigenvalue weighted by molar-refractivity contribution is 7.92. The van der Waals surface area contributed by atoms with E-state index in [2.05, 4.69) is 55.3 Å². The number of hydrogen-bond acceptors (Lipinski definition) is 3. The standard InChI is InChI=1S/C20H33N3O2S/c1-7-21-18(23-12-13-26(24,25)20(5,6)15-23)22-14-19(3,4)17-11-9-8-10-16(17)2/h8-11H,7,12-15H2,1-6H3,(H,21,22). The van der Waals surface area contributed by atoms with E-state index in [1.807, 2.05) is 6.92 Å². The van der Waals surface area contributed by atoms with Gasteiger partial charge in [0.15, 0.2) is 15.8 Å². The molecule has 0 atom stereocenters. The highest BCUT2D eigenvalue weighted by Crippen LogP contribution is 2.27. The van der Waals surface area contributed by atoms with E-state index in [4.69, 9.17) is 4.99 Å². The van der Waals surface area contributed by atoms with Crippen LogP contribution in [0.3, 0.4) is 0 Å². The topological polar surface area (TPSA) is 61.8 Å². The van der Waals surface area contributed by atoms with Gasteiger partial charge in [-0.25, -0.2) is 8.42 Å². The first-order valence-corrected chi connectivity index (χ1v) is 11.0. The summed E-state index contributed by atoms with van der Waals surface area (Å²) in [5.41, 5.74) is 2.47. The second-order valence-corrected chi connectivity index (χ2v) is 11.1. The van der Waals surface area contributed by atoms with Gasteiger partial charge in [0.05, 0.1) is 17.0 Å². The minimum atomic E-state index is -3.06. The van der Waals surface area contributed by atoms with E-state index in [1.165, 1.54) is 11.1 Å². The molecule has 146 valence electrons. The van der Waals surface area contributed by atoms with Gasteiger partial charge in [-0.15, -0.1) is 0 Å². The van der Waals surface area contributed by atoms with Crippen LogP contribution < -0.4 is 5.32 Å². The summed E-state index contributed by atoms with van der Waals surface area (Å²) in [5.74, 6) is 0.975. The largest absolute Gasteiger partial charge is 0.357 e. The first-order valence-electron chi connectivity index (χ1n) is 9.32. The smallest absolute Gasteiger partial charge is 0.194 e. The molecular formula is C20H33N3O2S. The molecule has 0 bridgehead atoms. The van der Waals surface area contributed by atoms with Crippen LogP contribution in [-0.4, -0.2) is 56.0 Å². The Hall–Kier alpha value is -1.56. The summed E-state index contributed by atoms with van der Waals surface area (Å²) in [4.78, 5) is 6.96. The van der Waals surface area contributed by atoms with Crippen LogP contribution in [0.2, 0.25) is 0 Å². The Morgan fingerprint density at radius 2 is 1.96 bits per heavy atom. The summed E-state index contributed by atoms with van der Waals surface area (Å²) in [6.07, 6.45) is 0. The Kier molecular flexibility index (Phi) is 6.06. The Balaban J connectivity index is 2.23. The molecular weight excluding hydrogens is 346 g/mol. The average Bonchev–Trinajstić information content (AvgIpc) is 2.54. The van der Waals surface area contributed by atoms with Crippen molar-refractivity contribution in [1.82, 2.24) is 10.2 Å². The van der Waals surface area contributed by atoms with Crippen LogP contribution in [-0.2, 0) is 15.3 Å². The van der Waals surface area contributed by atoms with Crippen LogP contribution in [0.5, 0.6) is 0 Å². The van der Waals surface area contributed by atoms with Gasteiger partial charge in [-0.3, -0.25) is 4.99 Å². The van der Waals surface area contributed by atoms with Crippen molar-refractivity contribution in [3.8, 4) is 0 Å². The normalized spacial score (nSPS) is 20.1. The Morgan fingerprint density at radius 3 is 2.54 bits per heavy atom. The summed E-state index contributed by atoms with van der Waals surface area (Å²) in [7, 11) is -3.06. The van der Waals surface area contributed by atoms with Crippen molar-refractivity contribution in [1.29, 1.82) is 0 Å². The number of sulfone groups is 1. The lowest BCUT2D eigenvalue weighted by molar-refractivity contribution is 0.352. The zero-order chi connectivity index (χ0) is 19.6. The van der Waals surface area contributed by atoms with E-state index in [1.54, 1.807) is 13.8 Å². The van der Waals surface area contributed by atoms with E-state index in [9.17, 15) is 8.42 Å². The van der Waals surface area contributed by atoms with Gasteiger partial charge >= 0.3 is 0 Å². The monoisotopic (exact) mass is 379 g/mol. The maximum absolute atomic E-state index is 12.3. The zero-order valence-electron chi connectivity index (χ0n) is 17.0. The summed E-state index contributed by atoms with van der Waals surface area (Å²) in [6, 6.07) is 8.41. The van der Waals surface area contributed by atoms with Crippen LogP contribution in [0, 0.1) is 6.92 Å². The molecule has 5 nitrogen and oxygen atoms in total. The van der Waals surface area contributed by atoms with Gasteiger partial charge in [0.2, 0.25) is 0 Å². The molecule has 26 heavy (non-hydrogen) atoms. The highest BCUT2D eigenvalue weighted by Gasteiger charge is 2.41. The van der Waals surface area contributed by atoms with Gasteiger partial charge in [0.1, 0.15) is 0 Å². The van der Waals surface area contributed by atoms with Crippen molar-refractivity contribution in [2.45, 2.75) is 51.7 Å². The molecule has 6 heteroatoms. The molecule has 1 aliphatic rings. The molecule has 0 radical (unpaired) electrons. The lowest BCUT2D eigenvalue weighted by atomic mass is 9.82. The molecule has 1 heterocycles. The molecule has 1 aromatic rings. The van der Waals surface area contributed by atoms with Gasteiger partial charge in [0.25, 0.3) is 0 Å². The van der Waals surface area contributed by atoms with Crippen LogP contribution >= 0.6 is 0 Å². The third kappa shape index (κ3) is 4.40. The van der Waals surface area contributed by atoms with E-state index < -0.39 is 14.6 Å². The summed E-state index contributed by atoms with van der Waals surface area (Å²) in [6.45, 7) is 14.5. The molecule has 1 aromatic carbocycles. The van der Waals surface area contributed by atoms with Gasteiger partial charge in [-0.2, -0.15) is 0 Å². The molecule has 1 fully saturated rings. The first-order chi connectivity index (χ1) is 12.0. The zero-order valence-corrected chi connectivity index (χ0v) is 17.8. The predicted molar refractivity (Wildman–Crippen MR) is 110 cm³/mol. The van der Waals surface area contributed by atoms with Gasteiger partial charge in [0, 0.05) is 25.0 Å². The molecule has 1 N–H and O–H groups in total. The second kappa shape index (κ2) is 7.59. The van der Waals surface area contributed by atoms with E-state index in [0.717, 1.165) is 12.5 Å². The van der Waals surface area contributed by atoms with Crippen LogP contribution in [0.15, 0.2) is 29.3 Å². The van der Waals surface area contributed by atoms with Crippen molar-refractivity contribution in [3.63, 3.8) is 0 Å². The van der Waals surface area contributed by atoms with Gasteiger partial charge in [-0.05, 0) is 38.8 Å². The van der Waals surface area contributed by atoms with Crippen molar-refractivity contribution >= 4 is 15.8 Å². The highest BCUT2D eigenvalue weighted by atomic mass is 32.2. The lowest BCUT2D eigenvalue weighted by Gasteiger charge is -2.39. The second-order valence-electron chi connectivity index (χ2n) is 8.37. The minimum Gasteiger partial charge on any atom is -0.357 e. The number of nitrogens with zero attached hydrogens (tertiary/aromatic N) is 2. The Labute approximate surface area is 158 Å². The first kappa shape index (κ1) is 20.7. The Morgan fingerprint density at radius 1 is 1.31 bits per heavy atom. The predicted octanol–water partition coefficient (Wildman–Crippen LogP) is 2.75. The van der Waals surface area contributed by atoms with Crippen molar-refractivity contribution in [3.05, 3.63) is 35.4 Å². The number of aryl methyl sites for hydroxylation is 1. The van der Waals surface area contributed by atoms with Crippen molar-refractivity contribution < 1.29 is 8.42 Å². The van der Waals surface area contributed by atoms with Gasteiger partial charge in [-0.1, -0.05) is 38.1 Å². The number of hydrogen-bond donors (Lipinski definition) is 1. The summed E-state index contributed by atoms with van der Waals surface area (Å²) in [5, 5.41) is 3.34. The van der Waals surface area contributed by atoms with Crippen molar-refractivity contribution in [2.24, 2.45) is 4.99 Å². The van der Waals surface area contributed by atoms with E-state index >= 15 is 0 Å². The van der Waals surface area contributed by atoms with E-state index in [0.29, 0.717) is 19.6 Å². The molecule has 0 spiro atoms. The lowest BCUT2D eigenvalue weighted by Crippen LogP contribution is -2.57. The third-order valence-corrected chi connectivity index (χ3v) is 7.71. The number of benzene rings is 1. The summed E-state index contributed by atoms with van der Waals surface area (Å²) >= 11 is 0. The van der Waals surface area contributed by atoms with Crippen LogP contribution in [0.4, 0.5) is 0 Å². The van der Waals surface area contributed by atoms with E-state index in [-0.39, 0.29) is 11.2 Å². The fourth-order valence-corrected chi connectivity index (χ4v) is 4.81. The fraction of sp³-hybridized carbons (Fsp3) is 0.650. The molecule has 0 aliphatic carbocycles. The SMILES string of the molecule is CCNC(=NCC(C)(C)c1ccccc1C)N1CCS(=O)(=O)C(C)(C)C1. The molecule has 1 aliphatic heterocycles. The van der Waals surface area contributed by atoms with Crippen LogP contribution in [0.25, 0.3) is 0 Å². The molecule has 0 aromatic heterocycles. The maximum atomic E-state index is 12.3. The van der Waals surface area contributed by atoms with Crippen LogP contribution in [0.1, 0.15) is 45.7 Å². The number of nitrogens with one attached hydrogen (secondary N) is 1.